The van der Waals surface area contributed by atoms with Gasteiger partial charge in [-0.25, -0.2) is 0 Å². The van der Waals surface area contributed by atoms with Crippen LogP contribution in [0.3, 0.4) is 0 Å². The molecule has 2 saturated heterocycles. The molecule has 2 aliphatic heterocycles. The number of likely N-dealkylation sites (tertiary alicyclic amines) is 1. The molecule has 0 spiro atoms. The number of carbonyl (C=O) groups excluding carboxylic acids is 3. The van der Waals surface area contributed by atoms with Gasteiger partial charge in [0.25, 0.3) is 0 Å². The van der Waals surface area contributed by atoms with Gasteiger partial charge in [0.05, 0.1) is 18.9 Å². The predicted molar refractivity (Wildman–Crippen MR) is 91.7 cm³/mol. The van der Waals surface area contributed by atoms with Crippen LogP contribution in [-0.4, -0.2) is 42.4 Å². The summed E-state index contributed by atoms with van der Waals surface area (Å²) in [4.78, 5) is 39.4. The largest absolute Gasteiger partial charge is 0.468 e. The number of amides is 2. The maximum absolute atomic E-state index is 12.8. The fraction of sp³-hybridized carbons (Fsp3) is 0.500. The molecule has 2 heterocycles. The van der Waals surface area contributed by atoms with Crippen molar-refractivity contribution in [2.45, 2.75) is 25.4 Å². The van der Waals surface area contributed by atoms with Crippen molar-refractivity contribution in [2.75, 3.05) is 14.2 Å². The zero-order valence-electron chi connectivity index (χ0n) is 14.6. The molecule has 4 atom stereocenters. The molecule has 0 aromatic heterocycles. The summed E-state index contributed by atoms with van der Waals surface area (Å²) in [6.45, 7) is 3.70. The molecular formula is C18H21ClN2O4. The Morgan fingerprint density at radius 2 is 1.84 bits per heavy atom. The zero-order chi connectivity index (χ0) is 18.5. The lowest BCUT2D eigenvalue weighted by Crippen LogP contribution is -2.59. The van der Waals surface area contributed by atoms with Crippen molar-refractivity contribution in [1.82, 2.24) is 10.2 Å². The van der Waals surface area contributed by atoms with Crippen LogP contribution in [0.25, 0.3) is 0 Å². The van der Waals surface area contributed by atoms with Crippen LogP contribution < -0.4 is 5.32 Å². The van der Waals surface area contributed by atoms with E-state index >= 15 is 0 Å². The summed E-state index contributed by atoms with van der Waals surface area (Å²) in [6.07, 6.45) is 0. The summed E-state index contributed by atoms with van der Waals surface area (Å²) < 4.78 is 5.02. The first-order chi connectivity index (χ1) is 11.8. The molecule has 2 fully saturated rings. The Labute approximate surface area is 151 Å². The van der Waals surface area contributed by atoms with E-state index < -0.39 is 29.4 Å². The average Bonchev–Trinajstić information content (AvgIpc) is 3.06. The lowest BCUT2D eigenvalue weighted by molar-refractivity contribution is -0.156. The van der Waals surface area contributed by atoms with E-state index in [1.165, 1.54) is 14.2 Å². The highest BCUT2D eigenvalue weighted by Gasteiger charge is 2.69. The van der Waals surface area contributed by atoms with E-state index in [9.17, 15) is 14.4 Å². The van der Waals surface area contributed by atoms with Crippen molar-refractivity contribution < 1.29 is 19.1 Å². The van der Waals surface area contributed by atoms with E-state index in [1.807, 2.05) is 13.8 Å². The minimum Gasteiger partial charge on any atom is -0.468 e. The van der Waals surface area contributed by atoms with Crippen LogP contribution in [-0.2, 0) is 19.1 Å². The van der Waals surface area contributed by atoms with Gasteiger partial charge < -0.3 is 4.74 Å². The predicted octanol–water partition coefficient (Wildman–Crippen LogP) is 1.78. The van der Waals surface area contributed by atoms with E-state index in [2.05, 4.69) is 5.32 Å². The van der Waals surface area contributed by atoms with Crippen LogP contribution in [0, 0.1) is 17.8 Å². The fourth-order valence-electron chi connectivity index (χ4n) is 4.16. The third kappa shape index (κ3) is 2.39. The molecule has 3 rings (SSSR count). The molecule has 0 radical (unpaired) electrons. The number of ether oxygens (including phenoxy) is 1. The van der Waals surface area contributed by atoms with Crippen LogP contribution in [0.2, 0.25) is 5.02 Å². The van der Waals surface area contributed by atoms with Gasteiger partial charge in [-0.3, -0.25) is 24.6 Å². The van der Waals surface area contributed by atoms with Crippen LogP contribution in [0.4, 0.5) is 0 Å². The number of halogens is 1. The van der Waals surface area contributed by atoms with Crippen molar-refractivity contribution in [3.05, 3.63) is 34.9 Å². The van der Waals surface area contributed by atoms with Gasteiger partial charge in [0.1, 0.15) is 5.54 Å². The monoisotopic (exact) mass is 364 g/mol. The average molecular weight is 365 g/mol. The van der Waals surface area contributed by atoms with E-state index in [0.29, 0.717) is 5.02 Å². The smallest absolute Gasteiger partial charge is 0.327 e. The van der Waals surface area contributed by atoms with Crippen molar-refractivity contribution in [3.8, 4) is 0 Å². The molecule has 2 aliphatic rings. The number of methoxy groups -OCH3 is 1. The molecule has 1 aromatic rings. The Morgan fingerprint density at radius 1 is 1.24 bits per heavy atom. The molecule has 1 aromatic carbocycles. The summed E-state index contributed by atoms with van der Waals surface area (Å²) in [5, 5.41) is 3.86. The van der Waals surface area contributed by atoms with Gasteiger partial charge in [0, 0.05) is 18.1 Å². The van der Waals surface area contributed by atoms with Crippen LogP contribution in [0.1, 0.15) is 25.5 Å². The highest BCUT2D eigenvalue weighted by molar-refractivity contribution is 6.30. The lowest BCUT2D eigenvalue weighted by Gasteiger charge is -2.35. The second-order valence-electron chi connectivity index (χ2n) is 6.93. The second-order valence-corrected chi connectivity index (χ2v) is 7.36. The zero-order valence-corrected chi connectivity index (χ0v) is 15.3. The SMILES string of the molecule is COC(=O)[C@]1(C(C)C)N[C@@H](c2ccc(Cl)cc2)[C@H]2C(=O)N(C)C(=O)[C@H]21. The molecule has 1 N–H and O–H groups in total. The number of imide groups is 1. The van der Waals surface area contributed by atoms with E-state index in [-0.39, 0.29) is 17.7 Å². The Morgan fingerprint density at radius 3 is 2.36 bits per heavy atom. The van der Waals surface area contributed by atoms with Gasteiger partial charge >= 0.3 is 5.97 Å². The topological polar surface area (TPSA) is 75.7 Å². The molecule has 6 nitrogen and oxygen atoms in total. The summed E-state index contributed by atoms with van der Waals surface area (Å²) in [5.74, 6) is -2.84. The molecule has 0 saturated carbocycles. The third-order valence-electron chi connectivity index (χ3n) is 5.48. The first-order valence-electron chi connectivity index (χ1n) is 8.18. The lowest BCUT2D eigenvalue weighted by atomic mass is 9.73. The summed E-state index contributed by atoms with van der Waals surface area (Å²) in [5.41, 5.74) is -0.441. The van der Waals surface area contributed by atoms with Crippen LogP contribution in [0.15, 0.2) is 24.3 Å². The molecular weight excluding hydrogens is 344 g/mol. The third-order valence-corrected chi connectivity index (χ3v) is 5.73. The highest BCUT2D eigenvalue weighted by atomic mass is 35.5. The van der Waals surface area contributed by atoms with Crippen molar-refractivity contribution in [1.29, 1.82) is 0 Å². The number of esters is 1. The standard InChI is InChI=1S/C18H21ClN2O4/c1-9(2)18(17(24)25-4)13-12(15(22)21(3)16(13)23)14(20-18)10-5-7-11(19)8-6-10/h5-9,12-14,20H,1-4H3/t12-,13-,14-,18+/m0/s1. The van der Waals surface area contributed by atoms with Gasteiger partial charge in [-0.2, -0.15) is 0 Å². The van der Waals surface area contributed by atoms with Crippen molar-refractivity contribution in [2.24, 2.45) is 17.8 Å². The highest BCUT2D eigenvalue weighted by Crippen LogP contribution is 2.51. The molecule has 0 unspecified atom stereocenters. The van der Waals surface area contributed by atoms with Gasteiger partial charge in [0.2, 0.25) is 11.8 Å². The molecule has 0 aliphatic carbocycles. The summed E-state index contributed by atoms with van der Waals surface area (Å²) in [7, 11) is 2.76. The van der Waals surface area contributed by atoms with Gasteiger partial charge in [-0.1, -0.05) is 37.6 Å². The Balaban J connectivity index is 2.17. The quantitative estimate of drug-likeness (QED) is 0.653. The Bertz CT molecular complexity index is 733. The Hall–Kier alpha value is -1.92. The van der Waals surface area contributed by atoms with Gasteiger partial charge in [0.15, 0.2) is 0 Å². The first-order valence-corrected chi connectivity index (χ1v) is 8.56. The number of hydrogen-bond donors (Lipinski definition) is 1. The Kier molecular flexibility index (Phi) is 4.37. The molecule has 134 valence electrons. The molecule has 0 bridgehead atoms. The van der Waals surface area contributed by atoms with E-state index in [4.69, 9.17) is 16.3 Å². The number of rotatable bonds is 3. The fourth-order valence-corrected chi connectivity index (χ4v) is 4.29. The van der Waals surface area contributed by atoms with Gasteiger partial charge in [-0.05, 0) is 23.6 Å². The van der Waals surface area contributed by atoms with E-state index in [1.54, 1.807) is 24.3 Å². The minimum absolute atomic E-state index is 0.243. The van der Waals surface area contributed by atoms with Gasteiger partial charge in [-0.15, -0.1) is 0 Å². The van der Waals surface area contributed by atoms with E-state index in [0.717, 1.165) is 10.5 Å². The van der Waals surface area contributed by atoms with Crippen LogP contribution in [0.5, 0.6) is 0 Å². The first kappa shape index (κ1) is 17.9. The number of fused-ring (bicyclic) bond motifs is 1. The van der Waals surface area contributed by atoms with Crippen molar-refractivity contribution in [3.63, 3.8) is 0 Å². The maximum atomic E-state index is 12.8. The number of hydrogen-bond acceptors (Lipinski definition) is 5. The van der Waals surface area contributed by atoms with Crippen molar-refractivity contribution >= 4 is 29.4 Å². The number of carbonyl (C=O) groups is 3. The second kappa shape index (κ2) is 6.11. The van der Waals surface area contributed by atoms with Crippen LogP contribution >= 0.6 is 11.6 Å². The number of nitrogens with one attached hydrogen (secondary N) is 1. The molecule has 25 heavy (non-hydrogen) atoms. The summed E-state index contributed by atoms with van der Waals surface area (Å²) >= 11 is 5.96. The number of benzene rings is 1. The summed E-state index contributed by atoms with van der Waals surface area (Å²) in [6, 6.07) is 6.60. The maximum Gasteiger partial charge on any atom is 0.327 e. The normalized spacial score (nSPS) is 31.6. The number of nitrogens with zero attached hydrogens (tertiary/aromatic N) is 1. The minimum atomic E-state index is -1.25. The molecule has 7 heteroatoms. The molecule has 2 amide bonds.